The lowest BCUT2D eigenvalue weighted by Crippen LogP contribution is -2.52. The number of aliphatic carboxylic acids is 1. The summed E-state index contributed by atoms with van der Waals surface area (Å²) in [5, 5.41) is 8.83. The maximum absolute atomic E-state index is 12.0. The predicted octanol–water partition coefficient (Wildman–Crippen LogP) is -0.554. The second-order valence-corrected chi connectivity index (χ2v) is 5.05. The quantitative estimate of drug-likeness (QED) is 0.774. The van der Waals surface area contributed by atoms with Gasteiger partial charge in [0.2, 0.25) is 11.8 Å². The monoisotopic (exact) mass is 291 g/mol. The zero-order chi connectivity index (χ0) is 15.6. The Labute approximate surface area is 121 Å². The van der Waals surface area contributed by atoms with Crippen LogP contribution in [0.5, 0.6) is 0 Å². The van der Waals surface area contributed by atoms with E-state index in [1.807, 2.05) is 0 Å². The average molecular weight is 291 g/mol. The molecule has 2 amide bonds. The summed E-state index contributed by atoms with van der Waals surface area (Å²) in [6, 6.07) is 5.88. The van der Waals surface area contributed by atoms with Crippen LogP contribution in [0.2, 0.25) is 0 Å². The smallest absolute Gasteiger partial charge is 0.320 e. The molecular weight excluding hydrogens is 274 g/mol. The van der Waals surface area contributed by atoms with Crippen molar-refractivity contribution < 1.29 is 19.5 Å². The van der Waals surface area contributed by atoms with Gasteiger partial charge in [-0.3, -0.25) is 14.4 Å². The molecule has 2 rings (SSSR count). The summed E-state index contributed by atoms with van der Waals surface area (Å²) >= 11 is 0. The molecule has 21 heavy (non-hydrogen) atoms. The number of nitrogens with zero attached hydrogens (tertiary/aromatic N) is 2. The van der Waals surface area contributed by atoms with Crippen molar-refractivity contribution in [3.63, 3.8) is 0 Å². The third kappa shape index (κ3) is 3.38. The number of carbonyl (C=O) groups excluding carboxylic acids is 2. The Morgan fingerprint density at radius 1 is 1.33 bits per heavy atom. The van der Waals surface area contributed by atoms with Crippen LogP contribution in [0.3, 0.4) is 0 Å². The highest BCUT2D eigenvalue weighted by atomic mass is 16.4. The van der Waals surface area contributed by atoms with Gasteiger partial charge in [-0.05, 0) is 24.1 Å². The highest BCUT2D eigenvalue weighted by molar-refractivity contribution is 6.04. The molecule has 1 aromatic carbocycles. The zero-order valence-electron chi connectivity index (χ0n) is 11.7. The van der Waals surface area contributed by atoms with Crippen molar-refractivity contribution in [2.45, 2.75) is 12.5 Å². The Kier molecular flexibility index (Phi) is 4.23. The first kappa shape index (κ1) is 15.0. The number of amides is 2. The van der Waals surface area contributed by atoms with Gasteiger partial charge in [0.15, 0.2) is 0 Å². The number of hydrogen-bond donors (Lipinski definition) is 2. The molecule has 7 nitrogen and oxygen atoms in total. The average Bonchev–Trinajstić information content (AvgIpc) is 2.43. The van der Waals surface area contributed by atoms with Gasteiger partial charge >= 0.3 is 5.97 Å². The number of hydrogen-bond acceptors (Lipinski definition) is 4. The van der Waals surface area contributed by atoms with Gasteiger partial charge in [-0.1, -0.05) is 12.1 Å². The molecule has 1 saturated heterocycles. The van der Waals surface area contributed by atoms with Crippen LogP contribution in [0.1, 0.15) is 5.56 Å². The van der Waals surface area contributed by atoms with Gasteiger partial charge in [0.25, 0.3) is 0 Å². The minimum Gasteiger partial charge on any atom is -0.480 e. The van der Waals surface area contributed by atoms with E-state index >= 15 is 0 Å². The summed E-state index contributed by atoms with van der Waals surface area (Å²) in [4.78, 5) is 37.3. The summed E-state index contributed by atoms with van der Waals surface area (Å²) in [5.41, 5.74) is 6.79. The highest BCUT2D eigenvalue weighted by Crippen LogP contribution is 2.19. The number of benzene rings is 1. The van der Waals surface area contributed by atoms with Crippen LogP contribution in [-0.2, 0) is 20.8 Å². The molecule has 0 radical (unpaired) electrons. The molecule has 1 aliphatic rings. The van der Waals surface area contributed by atoms with Crippen LogP contribution in [0.4, 0.5) is 5.69 Å². The van der Waals surface area contributed by atoms with Crippen LogP contribution in [0, 0.1) is 0 Å². The molecule has 1 aliphatic heterocycles. The first-order valence-corrected chi connectivity index (χ1v) is 6.50. The van der Waals surface area contributed by atoms with E-state index in [0.29, 0.717) is 11.3 Å². The lowest BCUT2D eigenvalue weighted by Gasteiger charge is -2.31. The number of carboxylic acids is 1. The Balaban J connectivity index is 2.19. The van der Waals surface area contributed by atoms with Crippen molar-refractivity contribution in [1.82, 2.24) is 4.90 Å². The van der Waals surface area contributed by atoms with E-state index in [1.165, 1.54) is 9.80 Å². The van der Waals surface area contributed by atoms with Crippen LogP contribution < -0.4 is 10.6 Å². The van der Waals surface area contributed by atoms with E-state index in [1.54, 1.807) is 31.3 Å². The molecule has 1 fully saturated rings. The fraction of sp³-hybridized carbons (Fsp3) is 0.357. The van der Waals surface area contributed by atoms with E-state index in [2.05, 4.69) is 0 Å². The molecule has 0 saturated carbocycles. The molecular formula is C14H17N3O4. The minimum atomic E-state index is -1.08. The molecule has 112 valence electrons. The molecule has 0 spiro atoms. The number of rotatable bonds is 4. The summed E-state index contributed by atoms with van der Waals surface area (Å²) in [7, 11) is 1.58. The van der Waals surface area contributed by atoms with Gasteiger partial charge in [0, 0.05) is 12.7 Å². The van der Waals surface area contributed by atoms with Crippen LogP contribution in [0.15, 0.2) is 24.3 Å². The van der Waals surface area contributed by atoms with Gasteiger partial charge in [-0.15, -0.1) is 0 Å². The van der Waals surface area contributed by atoms with Crippen molar-refractivity contribution in [3.05, 3.63) is 29.8 Å². The molecule has 1 unspecified atom stereocenters. The third-order valence-electron chi connectivity index (χ3n) is 3.39. The minimum absolute atomic E-state index is 0.0101. The van der Waals surface area contributed by atoms with Crippen molar-refractivity contribution in [2.75, 3.05) is 25.0 Å². The Bertz CT molecular complexity index is 587. The van der Waals surface area contributed by atoms with Crippen molar-refractivity contribution in [3.8, 4) is 0 Å². The van der Waals surface area contributed by atoms with E-state index in [4.69, 9.17) is 10.8 Å². The summed E-state index contributed by atoms with van der Waals surface area (Å²) < 4.78 is 0. The van der Waals surface area contributed by atoms with E-state index in [9.17, 15) is 14.4 Å². The van der Waals surface area contributed by atoms with Gasteiger partial charge < -0.3 is 20.6 Å². The first-order valence-electron chi connectivity index (χ1n) is 6.50. The maximum Gasteiger partial charge on any atom is 0.320 e. The van der Waals surface area contributed by atoms with Crippen molar-refractivity contribution in [1.29, 1.82) is 0 Å². The fourth-order valence-electron chi connectivity index (χ4n) is 2.15. The SMILES string of the molecule is CN1CC(=O)N(c2cccc(CC(N)C(=O)O)c2)CC1=O. The van der Waals surface area contributed by atoms with E-state index < -0.39 is 12.0 Å². The Morgan fingerprint density at radius 3 is 2.71 bits per heavy atom. The predicted molar refractivity (Wildman–Crippen MR) is 75.7 cm³/mol. The van der Waals surface area contributed by atoms with Gasteiger partial charge in [-0.25, -0.2) is 0 Å². The van der Waals surface area contributed by atoms with E-state index in [-0.39, 0.29) is 31.3 Å². The molecule has 1 atom stereocenters. The molecule has 1 heterocycles. The molecule has 0 aromatic heterocycles. The van der Waals surface area contributed by atoms with Crippen molar-refractivity contribution in [2.24, 2.45) is 5.73 Å². The highest BCUT2D eigenvalue weighted by Gasteiger charge is 2.28. The normalized spacial score (nSPS) is 17.0. The van der Waals surface area contributed by atoms with Crippen LogP contribution >= 0.6 is 0 Å². The van der Waals surface area contributed by atoms with Gasteiger partial charge in [-0.2, -0.15) is 0 Å². The second-order valence-electron chi connectivity index (χ2n) is 5.05. The lowest BCUT2D eigenvalue weighted by atomic mass is 10.1. The lowest BCUT2D eigenvalue weighted by molar-refractivity contribution is -0.138. The first-order chi connectivity index (χ1) is 9.88. The number of anilines is 1. The third-order valence-corrected chi connectivity index (χ3v) is 3.39. The molecule has 3 N–H and O–H groups in total. The summed E-state index contributed by atoms with van der Waals surface area (Å²) in [5.74, 6) is -1.38. The number of nitrogens with two attached hydrogens (primary N) is 1. The van der Waals surface area contributed by atoms with Crippen LogP contribution in [0.25, 0.3) is 0 Å². The summed E-state index contributed by atoms with van der Waals surface area (Å²) in [6.07, 6.45) is 0.166. The van der Waals surface area contributed by atoms with E-state index in [0.717, 1.165) is 0 Å². The van der Waals surface area contributed by atoms with Crippen molar-refractivity contribution >= 4 is 23.5 Å². The topological polar surface area (TPSA) is 104 Å². The zero-order valence-corrected chi connectivity index (χ0v) is 11.7. The number of carbonyl (C=O) groups is 3. The number of carboxylic acid groups (broad SMARTS) is 1. The molecule has 0 bridgehead atoms. The maximum atomic E-state index is 12.0. The fourth-order valence-corrected chi connectivity index (χ4v) is 2.15. The molecule has 0 aliphatic carbocycles. The second kappa shape index (κ2) is 5.92. The van der Waals surface area contributed by atoms with Crippen LogP contribution in [-0.4, -0.2) is 54.0 Å². The molecule has 7 heteroatoms. The Hall–Kier alpha value is -2.41. The standard InChI is InChI=1S/C14H17N3O4/c1-16-7-13(19)17(8-12(16)18)10-4-2-3-9(5-10)6-11(15)14(20)21/h2-5,11H,6-8,15H2,1H3,(H,20,21). The number of likely N-dealkylation sites (N-methyl/N-ethyl adjacent to an activating group) is 1. The Morgan fingerprint density at radius 2 is 2.05 bits per heavy atom. The molecule has 1 aromatic rings. The summed E-state index contributed by atoms with van der Waals surface area (Å²) in [6.45, 7) is 0.0292. The van der Waals surface area contributed by atoms with Gasteiger partial charge in [0.05, 0.1) is 6.54 Å². The largest absolute Gasteiger partial charge is 0.480 e. The van der Waals surface area contributed by atoms with Gasteiger partial charge in [0.1, 0.15) is 12.6 Å². The number of piperazine rings is 1.